The Balaban J connectivity index is 1.99. The van der Waals surface area contributed by atoms with Gasteiger partial charge in [-0.3, -0.25) is 14.4 Å². The van der Waals surface area contributed by atoms with Gasteiger partial charge in [-0.05, 0) is 31.9 Å². The topological polar surface area (TPSA) is 60.9 Å². The van der Waals surface area contributed by atoms with E-state index in [0.29, 0.717) is 32.7 Å². The number of aryl methyl sites for hydroxylation is 1. The van der Waals surface area contributed by atoms with Gasteiger partial charge in [0.15, 0.2) is 0 Å². The molecule has 24 heavy (non-hydrogen) atoms. The van der Waals surface area contributed by atoms with Crippen molar-refractivity contribution in [1.82, 2.24) is 14.7 Å². The summed E-state index contributed by atoms with van der Waals surface area (Å²) in [5, 5.41) is 0. The van der Waals surface area contributed by atoms with E-state index >= 15 is 0 Å². The molecular formula is C18H25N3O3. The molecule has 0 aromatic heterocycles. The van der Waals surface area contributed by atoms with Gasteiger partial charge in [-0.25, -0.2) is 0 Å². The van der Waals surface area contributed by atoms with Gasteiger partial charge in [0, 0.05) is 32.7 Å². The summed E-state index contributed by atoms with van der Waals surface area (Å²) in [7, 11) is 0. The van der Waals surface area contributed by atoms with Crippen LogP contribution in [0.15, 0.2) is 24.3 Å². The first kappa shape index (κ1) is 18.0. The second-order valence-corrected chi connectivity index (χ2v) is 5.95. The molecule has 0 bridgehead atoms. The van der Waals surface area contributed by atoms with Gasteiger partial charge in [0.25, 0.3) is 0 Å². The highest BCUT2D eigenvalue weighted by Crippen LogP contribution is 2.14. The summed E-state index contributed by atoms with van der Waals surface area (Å²) < 4.78 is 0. The van der Waals surface area contributed by atoms with Crippen LogP contribution in [0.2, 0.25) is 0 Å². The lowest BCUT2D eigenvalue weighted by molar-refractivity contribution is -0.158. The van der Waals surface area contributed by atoms with Crippen LogP contribution in [0.25, 0.3) is 0 Å². The largest absolute Gasteiger partial charge is 0.342 e. The van der Waals surface area contributed by atoms with Crippen LogP contribution in [0.5, 0.6) is 0 Å². The average molecular weight is 331 g/mol. The molecule has 1 saturated heterocycles. The van der Waals surface area contributed by atoms with Gasteiger partial charge in [-0.15, -0.1) is 0 Å². The van der Waals surface area contributed by atoms with E-state index in [1.54, 1.807) is 9.80 Å². The molecule has 6 heteroatoms. The van der Waals surface area contributed by atoms with Crippen LogP contribution in [-0.2, 0) is 20.9 Å². The van der Waals surface area contributed by atoms with Crippen molar-refractivity contribution in [3.05, 3.63) is 35.4 Å². The van der Waals surface area contributed by atoms with E-state index in [1.807, 2.05) is 45.0 Å². The Morgan fingerprint density at radius 2 is 1.62 bits per heavy atom. The number of nitrogens with zero attached hydrogens (tertiary/aromatic N) is 3. The lowest BCUT2D eigenvalue weighted by Gasteiger charge is -2.34. The predicted octanol–water partition coefficient (Wildman–Crippen LogP) is 1.03. The molecule has 1 aromatic carbocycles. The highest BCUT2D eigenvalue weighted by atomic mass is 16.2. The van der Waals surface area contributed by atoms with Crippen molar-refractivity contribution in [2.45, 2.75) is 27.3 Å². The summed E-state index contributed by atoms with van der Waals surface area (Å²) in [6.07, 6.45) is 0. The number of likely N-dealkylation sites (N-methyl/N-ethyl adjacent to an activating group) is 1. The van der Waals surface area contributed by atoms with E-state index in [1.165, 1.54) is 4.90 Å². The first-order valence-corrected chi connectivity index (χ1v) is 8.38. The molecular weight excluding hydrogens is 306 g/mol. The number of carbonyl (C=O) groups is 3. The standard InChI is InChI=1S/C18H25N3O3/c1-4-19(5-2)16(22)13-21-11-10-20(17(23)18(21)24)12-15-9-7-6-8-14(15)3/h6-9H,4-5,10-13H2,1-3H3. The van der Waals surface area contributed by atoms with Crippen molar-refractivity contribution in [2.75, 3.05) is 32.7 Å². The van der Waals surface area contributed by atoms with E-state index in [9.17, 15) is 14.4 Å². The first-order chi connectivity index (χ1) is 11.5. The van der Waals surface area contributed by atoms with Gasteiger partial charge >= 0.3 is 11.8 Å². The van der Waals surface area contributed by atoms with Gasteiger partial charge in [-0.2, -0.15) is 0 Å². The number of benzene rings is 1. The zero-order valence-corrected chi connectivity index (χ0v) is 14.6. The van der Waals surface area contributed by atoms with Crippen LogP contribution in [0.4, 0.5) is 0 Å². The zero-order valence-electron chi connectivity index (χ0n) is 14.6. The van der Waals surface area contributed by atoms with Crippen LogP contribution >= 0.6 is 0 Å². The second kappa shape index (κ2) is 7.95. The molecule has 1 fully saturated rings. The fourth-order valence-corrected chi connectivity index (χ4v) is 2.85. The SMILES string of the molecule is CCN(CC)C(=O)CN1CCN(Cc2ccccc2C)C(=O)C1=O. The number of rotatable bonds is 6. The molecule has 1 aromatic rings. The molecule has 130 valence electrons. The predicted molar refractivity (Wildman–Crippen MR) is 91.1 cm³/mol. The average Bonchev–Trinajstić information content (AvgIpc) is 2.57. The van der Waals surface area contributed by atoms with E-state index in [4.69, 9.17) is 0 Å². The lowest BCUT2D eigenvalue weighted by Crippen LogP contribution is -2.56. The minimum atomic E-state index is -0.588. The number of amides is 3. The van der Waals surface area contributed by atoms with Crippen molar-refractivity contribution >= 4 is 17.7 Å². The van der Waals surface area contributed by atoms with Crippen LogP contribution in [0, 0.1) is 6.92 Å². The van der Waals surface area contributed by atoms with Gasteiger partial charge in [-0.1, -0.05) is 24.3 Å². The maximum atomic E-state index is 12.4. The molecule has 1 aliphatic rings. The Morgan fingerprint density at radius 1 is 1.04 bits per heavy atom. The number of hydrogen-bond acceptors (Lipinski definition) is 3. The molecule has 0 atom stereocenters. The van der Waals surface area contributed by atoms with Crippen molar-refractivity contribution < 1.29 is 14.4 Å². The van der Waals surface area contributed by atoms with Crippen molar-refractivity contribution in [3.8, 4) is 0 Å². The fourth-order valence-electron chi connectivity index (χ4n) is 2.85. The summed E-state index contributed by atoms with van der Waals surface area (Å²) in [5.74, 6) is -1.24. The second-order valence-electron chi connectivity index (χ2n) is 5.95. The third-order valence-electron chi connectivity index (χ3n) is 4.46. The molecule has 0 unspecified atom stereocenters. The maximum Gasteiger partial charge on any atom is 0.312 e. The Labute approximate surface area is 143 Å². The highest BCUT2D eigenvalue weighted by molar-refractivity contribution is 6.35. The molecule has 2 rings (SSSR count). The smallest absolute Gasteiger partial charge is 0.312 e. The fraction of sp³-hybridized carbons (Fsp3) is 0.500. The quantitative estimate of drug-likeness (QED) is 0.732. The van der Waals surface area contributed by atoms with Gasteiger partial charge in [0.1, 0.15) is 6.54 Å². The highest BCUT2D eigenvalue weighted by Gasteiger charge is 2.34. The Hall–Kier alpha value is -2.37. The monoisotopic (exact) mass is 331 g/mol. The molecule has 0 spiro atoms. The van der Waals surface area contributed by atoms with Gasteiger partial charge in [0.05, 0.1) is 0 Å². The lowest BCUT2D eigenvalue weighted by atomic mass is 10.1. The minimum absolute atomic E-state index is 0.0234. The molecule has 1 heterocycles. The third kappa shape index (κ3) is 3.93. The van der Waals surface area contributed by atoms with Crippen LogP contribution in [0.3, 0.4) is 0 Å². The molecule has 1 aliphatic heterocycles. The van der Waals surface area contributed by atoms with Gasteiger partial charge in [0.2, 0.25) is 5.91 Å². The van der Waals surface area contributed by atoms with E-state index < -0.39 is 11.8 Å². The minimum Gasteiger partial charge on any atom is -0.342 e. The molecule has 3 amide bonds. The third-order valence-corrected chi connectivity index (χ3v) is 4.46. The maximum absolute atomic E-state index is 12.4. The number of piperazine rings is 1. The van der Waals surface area contributed by atoms with E-state index in [0.717, 1.165) is 11.1 Å². The Kier molecular flexibility index (Phi) is 5.95. The summed E-state index contributed by atoms with van der Waals surface area (Å²) in [6, 6.07) is 7.82. The molecule has 0 saturated carbocycles. The Morgan fingerprint density at radius 3 is 2.25 bits per heavy atom. The first-order valence-electron chi connectivity index (χ1n) is 8.38. The summed E-state index contributed by atoms with van der Waals surface area (Å²) in [4.78, 5) is 41.4. The van der Waals surface area contributed by atoms with Crippen LogP contribution in [0.1, 0.15) is 25.0 Å². The van der Waals surface area contributed by atoms with E-state index in [2.05, 4.69) is 0 Å². The normalized spacial score (nSPS) is 15.0. The van der Waals surface area contributed by atoms with Crippen LogP contribution in [-0.4, -0.2) is 65.1 Å². The summed E-state index contributed by atoms with van der Waals surface area (Å²) >= 11 is 0. The summed E-state index contributed by atoms with van der Waals surface area (Å²) in [6.45, 7) is 8.23. The molecule has 0 aliphatic carbocycles. The molecule has 0 N–H and O–H groups in total. The van der Waals surface area contributed by atoms with Gasteiger partial charge < -0.3 is 14.7 Å². The van der Waals surface area contributed by atoms with Crippen molar-refractivity contribution in [3.63, 3.8) is 0 Å². The number of hydrogen-bond donors (Lipinski definition) is 0. The summed E-state index contributed by atoms with van der Waals surface area (Å²) in [5.41, 5.74) is 2.13. The Bertz CT molecular complexity index is 626. The molecule has 6 nitrogen and oxygen atoms in total. The van der Waals surface area contributed by atoms with Crippen molar-refractivity contribution in [2.24, 2.45) is 0 Å². The zero-order chi connectivity index (χ0) is 17.7. The van der Waals surface area contributed by atoms with Crippen molar-refractivity contribution in [1.29, 1.82) is 0 Å². The van der Waals surface area contributed by atoms with E-state index in [-0.39, 0.29) is 12.5 Å². The van der Waals surface area contributed by atoms with Crippen LogP contribution < -0.4 is 0 Å². The number of carbonyl (C=O) groups excluding carboxylic acids is 3. The molecule has 0 radical (unpaired) electrons.